The lowest BCUT2D eigenvalue weighted by atomic mass is 10.2. The summed E-state index contributed by atoms with van der Waals surface area (Å²) in [5, 5.41) is 10.5. The number of aromatic nitrogens is 1. The molecule has 1 heterocycles. The Labute approximate surface area is 123 Å². The van der Waals surface area contributed by atoms with Crippen LogP contribution in [-0.2, 0) is 16.6 Å². The maximum Gasteiger partial charge on any atom is 0.269 e. The average molecular weight is 334 g/mol. The van der Waals surface area contributed by atoms with Crippen molar-refractivity contribution in [3.8, 4) is 0 Å². The maximum absolute atomic E-state index is 11.9. The van der Waals surface area contributed by atoms with E-state index in [0.29, 0.717) is 5.56 Å². The van der Waals surface area contributed by atoms with Gasteiger partial charge in [-0.3, -0.25) is 10.1 Å². The molecule has 0 aliphatic rings. The number of halogens is 1. The van der Waals surface area contributed by atoms with Gasteiger partial charge in [0.2, 0.25) is 0 Å². The minimum Gasteiger partial charge on any atom is -0.258 e. The molecule has 0 fully saturated rings. The SMILES string of the molecule is O=[N+]([O-])c1ccc(CNS(=O)(=O)c2cnc(Cl)s2)cc1. The molecular formula is C10H8ClN3O4S2. The lowest BCUT2D eigenvalue weighted by molar-refractivity contribution is -0.384. The normalized spacial score (nSPS) is 11.4. The van der Waals surface area contributed by atoms with Gasteiger partial charge in [-0.05, 0) is 5.56 Å². The topological polar surface area (TPSA) is 102 Å². The van der Waals surface area contributed by atoms with Gasteiger partial charge in [0.15, 0.2) is 8.68 Å². The van der Waals surface area contributed by atoms with Crippen molar-refractivity contribution in [2.24, 2.45) is 0 Å². The Kier molecular flexibility index (Phi) is 4.33. The quantitative estimate of drug-likeness (QED) is 0.667. The van der Waals surface area contributed by atoms with Gasteiger partial charge in [0.05, 0.1) is 11.1 Å². The van der Waals surface area contributed by atoms with Crippen molar-refractivity contribution in [3.05, 3.63) is 50.6 Å². The van der Waals surface area contributed by atoms with E-state index in [4.69, 9.17) is 11.6 Å². The van der Waals surface area contributed by atoms with Gasteiger partial charge < -0.3 is 0 Å². The highest BCUT2D eigenvalue weighted by Crippen LogP contribution is 2.22. The van der Waals surface area contributed by atoms with Crippen LogP contribution in [0.2, 0.25) is 4.47 Å². The van der Waals surface area contributed by atoms with Crippen molar-refractivity contribution < 1.29 is 13.3 Å². The molecule has 0 amide bonds. The van der Waals surface area contributed by atoms with Crippen molar-refractivity contribution in [3.63, 3.8) is 0 Å². The Morgan fingerprint density at radius 3 is 2.50 bits per heavy atom. The molecule has 0 spiro atoms. The Bertz CT molecular complexity index is 727. The number of nitro groups is 1. The second-order valence-corrected chi connectivity index (χ2v) is 7.29. The number of nitro benzene ring substituents is 1. The number of nitrogens with one attached hydrogen (secondary N) is 1. The lowest BCUT2D eigenvalue weighted by Crippen LogP contribution is -2.22. The summed E-state index contributed by atoms with van der Waals surface area (Å²) in [5.41, 5.74) is 0.556. The van der Waals surface area contributed by atoms with Crippen LogP contribution in [0.3, 0.4) is 0 Å². The zero-order chi connectivity index (χ0) is 14.8. The van der Waals surface area contributed by atoms with Gasteiger partial charge in [0.1, 0.15) is 0 Å². The Morgan fingerprint density at radius 2 is 2.00 bits per heavy atom. The van der Waals surface area contributed by atoms with E-state index in [1.54, 1.807) is 0 Å². The summed E-state index contributed by atoms with van der Waals surface area (Å²) in [6, 6.07) is 5.60. The first kappa shape index (κ1) is 14.9. The number of rotatable bonds is 5. The number of non-ortho nitro benzene ring substituents is 1. The molecule has 0 unspecified atom stereocenters. The standard InChI is InChI=1S/C10H8ClN3O4S2/c11-10-12-6-9(19-10)20(17,18)13-5-7-1-3-8(4-2-7)14(15)16/h1-4,6,13H,5H2. The molecule has 2 aromatic rings. The second-order valence-electron chi connectivity index (χ2n) is 3.68. The van der Waals surface area contributed by atoms with Gasteiger partial charge in [-0.15, -0.1) is 0 Å². The summed E-state index contributed by atoms with van der Waals surface area (Å²) >= 11 is 6.43. The largest absolute Gasteiger partial charge is 0.269 e. The first-order valence-corrected chi connectivity index (χ1v) is 7.90. The molecule has 0 aliphatic heterocycles. The summed E-state index contributed by atoms with van der Waals surface area (Å²) in [7, 11) is -3.68. The summed E-state index contributed by atoms with van der Waals surface area (Å²) < 4.78 is 26.3. The maximum atomic E-state index is 11.9. The van der Waals surface area contributed by atoms with E-state index in [9.17, 15) is 18.5 Å². The summed E-state index contributed by atoms with van der Waals surface area (Å²) in [5.74, 6) is 0. The number of thiazole rings is 1. The predicted molar refractivity (Wildman–Crippen MR) is 74.2 cm³/mol. The molecule has 1 aromatic heterocycles. The molecule has 0 saturated carbocycles. The van der Waals surface area contributed by atoms with Crippen molar-refractivity contribution in [1.29, 1.82) is 0 Å². The summed E-state index contributed by atoms with van der Waals surface area (Å²) in [6.07, 6.45) is 1.17. The molecule has 0 saturated heterocycles. The fraction of sp³-hybridized carbons (Fsp3) is 0.100. The van der Waals surface area contributed by atoms with E-state index in [2.05, 4.69) is 9.71 Å². The van der Waals surface area contributed by atoms with Crippen molar-refractivity contribution >= 4 is 38.6 Å². The molecule has 0 bridgehead atoms. The molecule has 1 aromatic carbocycles. The van der Waals surface area contributed by atoms with Crippen LogP contribution >= 0.6 is 22.9 Å². The van der Waals surface area contributed by atoms with Gasteiger partial charge in [-0.25, -0.2) is 18.1 Å². The van der Waals surface area contributed by atoms with Crippen molar-refractivity contribution in [1.82, 2.24) is 9.71 Å². The van der Waals surface area contributed by atoms with Gasteiger partial charge >= 0.3 is 0 Å². The van der Waals surface area contributed by atoms with Gasteiger partial charge in [0, 0.05) is 18.7 Å². The zero-order valence-corrected chi connectivity index (χ0v) is 12.2. The predicted octanol–water partition coefficient (Wildman–Crippen LogP) is 2.18. The van der Waals surface area contributed by atoms with E-state index in [1.165, 1.54) is 30.5 Å². The first-order valence-electron chi connectivity index (χ1n) is 5.23. The molecule has 0 atom stereocenters. The van der Waals surface area contributed by atoms with E-state index in [1.807, 2.05) is 0 Å². The van der Waals surface area contributed by atoms with E-state index < -0.39 is 14.9 Å². The molecule has 7 nitrogen and oxygen atoms in total. The highest BCUT2D eigenvalue weighted by atomic mass is 35.5. The van der Waals surface area contributed by atoms with Gasteiger partial charge in [-0.2, -0.15) is 0 Å². The molecule has 2 rings (SSSR count). The van der Waals surface area contributed by atoms with Crippen LogP contribution < -0.4 is 4.72 Å². The monoisotopic (exact) mass is 333 g/mol. The van der Waals surface area contributed by atoms with Crippen molar-refractivity contribution in [2.75, 3.05) is 0 Å². The first-order chi connectivity index (χ1) is 9.38. The average Bonchev–Trinajstić information content (AvgIpc) is 2.84. The Hall–Kier alpha value is -1.55. The molecule has 106 valence electrons. The third-order valence-corrected chi connectivity index (χ3v) is 5.31. The third kappa shape index (κ3) is 3.51. The molecule has 0 aliphatic carbocycles. The fourth-order valence-electron chi connectivity index (χ4n) is 1.35. The summed E-state index contributed by atoms with van der Waals surface area (Å²) in [6.45, 7) is 0.0237. The molecule has 0 radical (unpaired) electrons. The number of hydrogen-bond acceptors (Lipinski definition) is 6. The number of nitrogens with zero attached hydrogens (tertiary/aromatic N) is 2. The number of benzene rings is 1. The minimum atomic E-state index is -3.68. The van der Waals surface area contributed by atoms with Crippen LogP contribution in [0.4, 0.5) is 5.69 Å². The number of sulfonamides is 1. The zero-order valence-electron chi connectivity index (χ0n) is 9.82. The van der Waals surface area contributed by atoms with Crippen LogP contribution in [0.5, 0.6) is 0 Å². The second kappa shape index (κ2) is 5.83. The molecule has 10 heteroatoms. The van der Waals surface area contributed by atoms with Gasteiger partial charge in [-0.1, -0.05) is 35.1 Å². The summed E-state index contributed by atoms with van der Waals surface area (Å²) in [4.78, 5) is 13.6. The van der Waals surface area contributed by atoms with Crippen LogP contribution in [0.25, 0.3) is 0 Å². The lowest BCUT2D eigenvalue weighted by Gasteiger charge is -2.04. The molecule has 20 heavy (non-hydrogen) atoms. The van der Waals surface area contributed by atoms with E-state index in [-0.39, 0.29) is 20.9 Å². The molecular weight excluding hydrogens is 326 g/mol. The Balaban J connectivity index is 2.06. The van der Waals surface area contributed by atoms with Crippen LogP contribution in [-0.4, -0.2) is 18.3 Å². The Morgan fingerprint density at radius 1 is 1.35 bits per heavy atom. The highest BCUT2D eigenvalue weighted by Gasteiger charge is 2.17. The van der Waals surface area contributed by atoms with Crippen LogP contribution in [0.1, 0.15) is 5.56 Å². The van der Waals surface area contributed by atoms with Crippen molar-refractivity contribution in [2.45, 2.75) is 10.8 Å². The van der Waals surface area contributed by atoms with Crippen LogP contribution in [0.15, 0.2) is 34.7 Å². The number of hydrogen-bond donors (Lipinski definition) is 1. The van der Waals surface area contributed by atoms with Gasteiger partial charge in [0.25, 0.3) is 15.7 Å². The van der Waals surface area contributed by atoms with E-state index in [0.717, 1.165) is 11.3 Å². The minimum absolute atomic E-state index is 0.0180. The van der Waals surface area contributed by atoms with Crippen LogP contribution in [0, 0.1) is 10.1 Å². The molecule has 1 N–H and O–H groups in total. The highest BCUT2D eigenvalue weighted by molar-refractivity contribution is 7.91. The third-order valence-electron chi connectivity index (χ3n) is 2.33. The fourth-order valence-corrected chi connectivity index (χ4v) is 3.70. The van der Waals surface area contributed by atoms with E-state index >= 15 is 0 Å². The smallest absolute Gasteiger partial charge is 0.258 e.